The Morgan fingerprint density at radius 1 is 0.962 bits per heavy atom. The Kier molecular flexibility index (Phi) is 22.3. The smallest absolute Gasteiger partial charge is 0.251 e. The first-order valence-corrected chi connectivity index (χ1v) is 19.8. The summed E-state index contributed by atoms with van der Waals surface area (Å²) in [6.07, 6.45) is 2.27. The molecule has 0 radical (unpaired) electrons. The molecule has 1 aromatic carbocycles. The number of ether oxygens (including phenoxy) is 2. The molecular weight excluding hydrogens is 791 g/mol. The van der Waals surface area contributed by atoms with Crippen LogP contribution in [0.15, 0.2) is 30.3 Å². The molecule has 13 nitrogen and oxygen atoms in total. The molecule has 302 valence electrons. The standard InChI is InChI=1S/C32H51IN4O6.C7H16N2O/c1-8-22(4)31(36(5)29(39)17-21(2)3)27(43-7)20-30(40)37-16-12-15-25(37)26(42-6)19-28(38)34-24(32(41)35-33)18-23-13-10-9-11-14-23;1-5(2)6(7(8)10)9(3)4/h9-11,13-14,21-22,24-27,31H,8,12,15-20H2,1-7H3,(H,34,38)(H,35,41);5-6H,1-4H3,(H2,8,10). The van der Waals surface area contributed by atoms with Crippen molar-refractivity contribution < 1.29 is 33.4 Å². The fourth-order valence-corrected chi connectivity index (χ4v) is 7.51. The number of carbonyl (C=O) groups is 5. The number of halogens is 1. The number of benzene rings is 1. The molecule has 5 amide bonds. The van der Waals surface area contributed by atoms with Crippen LogP contribution >= 0.6 is 22.9 Å². The Bertz CT molecular complexity index is 1280. The largest absolute Gasteiger partial charge is 0.379 e. The van der Waals surface area contributed by atoms with Gasteiger partial charge >= 0.3 is 0 Å². The summed E-state index contributed by atoms with van der Waals surface area (Å²) in [5.41, 5.74) is 6.09. The lowest BCUT2D eigenvalue weighted by Crippen LogP contribution is -2.52. The van der Waals surface area contributed by atoms with E-state index in [0.29, 0.717) is 25.8 Å². The predicted molar refractivity (Wildman–Crippen MR) is 217 cm³/mol. The molecule has 1 aliphatic heterocycles. The third-order valence-corrected chi connectivity index (χ3v) is 10.5. The van der Waals surface area contributed by atoms with Crippen LogP contribution in [0.1, 0.15) is 85.6 Å². The van der Waals surface area contributed by atoms with Crippen LogP contribution in [0.3, 0.4) is 0 Å². The number of hydrogen-bond acceptors (Lipinski definition) is 8. The predicted octanol–water partition coefficient (Wildman–Crippen LogP) is 3.96. The van der Waals surface area contributed by atoms with Gasteiger partial charge in [-0.05, 0) is 50.3 Å². The summed E-state index contributed by atoms with van der Waals surface area (Å²) in [7, 11) is 8.66. The van der Waals surface area contributed by atoms with E-state index in [-0.39, 0.29) is 78.3 Å². The highest BCUT2D eigenvalue weighted by molar-refractivity contribution is 14.1. The van der Waals surface area contributed by atoms with E-state index in [1.165, 1.54) is 0 Å². The van der Waals surface area contributed by atoms with E-state index in [9.17, 15) is 24.0 Å². The van der Waals surface area contributed by atoms with Gasteiger partial charge in [0.05, 0.1) is 66.0 Å². The summed E-state index contributed by atoms with van der Waals surface area (Å²) in [6.45, 7) is 12.7. The lowest BCUT2D eigenvalue weighted by Gasteiger charge is -2.39. The van der Waals surface area contributed by atoms with Crippen molar-refractivity contribution in [3.8, 4) is 0 Å². The second-order valence-electron chi connectivity index (χ2n) is 15.1. The molecule has 1 aromatic rings. The van der Waals surface area contributed by atoms with Crippen molar-refractivity contribution in [2.75, 3.05) is 41.9 Å². The maximum Gasteiger partial charge on any atom is 0.251 e. The summed E-state index contributed by atoms with van der Waals surface area (Å²) in [5, 5.41) is 2.86. The van der Waals surface area contributed by atoms with Crippen molar-refractivity contribution in [2.45, 2.75) is 123 Å². The molecule has 1 heterocycles. The van der Waals surface area contributed by atoms with Crippen LogP contribution in [-0.4, -0.2) is 123 Å². The number of nitrogens with two attached hydrogens (primary N) is 1. The van der Waals surface area contributed by atoms with Gasteiger partial charge in [-0.15, -0.1) is 0 Å². The Hall–Kier alpha value is -2.82. The second-order valence-corrected chi connectivity index (χ2v) is 15.6. The molecule has 7 atom stereocenters. The lowest BCUT2D eigenvalue weighted by molar-refractivity contribution is -0.145. The maximum absolute atomic E-state index is 13.8. The van der Waals surface area contributed by atoms with E-state index in [0.717, 1.165) is 18.4 Å². The number of likely N-dealkylation sites (tertiary alicyclic amines) is 1. The fourth-order valence-electron chi connectivity index (χ4n) is 7.14. The average molecular weight is 859 g/mol. The lowest BCUT2D eigenvalue weighted by atomic mass is 9.90. The SMILES string of the molecule is CC(C)C(C(N)=O)N(C)C.CCC(C)C(C(CC(=O)N1CCCC1C(CC(=O)NC(Cc1ccccc1)C(=O)NI)OC)OC)N(C)C(=O)CC(C)C. The zero-order chi connectivity index (χ0) is 40.4. The van der Waals surface area contributed by atoms with E-state index in [4.69, 9.17) is 15.2 Å². The van der Waals surface area contributed by atoms with Crippen LogP contribution in [0.4, 0.5) is 0 Å². The van der Waals surface area contributed by atoms with Crippen LogP contribution in [0, 0.1) is 17.8 Å². The van der Waals surface area contributed by atoms with Crippen molar-refractivity contribution >= 4 is 52.4 Å². The van der Waals surface area contributed by atoms with Gasteiger partial charge in [-0.25, -0.2) is 0 Å². The van der Waals surface area contributed by atoms with Crippen LogP contribution < -0.4 is 14.6 Å². The summed E-state index contributed by atoms with van der Waals surface area (Å²) < 4.78 is 14.3. The molecule has 0 aliphatic carbocycles. The molecule has 4 N–H and O–H groups in total. The molecule has 53 heavy (non-hydrogen) atoms. The minimum absolute atomic E-state index is 0.0143. The third-order valence-electron chi connectivity index (χ3n) is 9.95. The van der Waals surface area contributed by atoms with Gasteiger partial charge in [0.2, 0.25) is 23.6 Å². The number of carbonyl (C=O) groups excluding carboxylic acids is 5. The van der Waals surface area contributed by atoms with Gasteiger partial charge in [-0.1, -0.05) is 78.3 Å². The topological polar surface area (TPSA) is 164 Å². The molecule has 0 spiro atoms. The van der Waals surface area contributed by atoms with Gasteiger partial charge < -0.3 is 30.3 Å². The summed E-state index contributed by atoms with van der Waals surface area (Å²) in [5.74, 6) is -0.248. The van der Waals surface area contributed by atoms with Gasteiger partial charge in [0.25, 0.3) is 5.91 Å². The van der Waals surface area contributed by atoms with Crippen LogP contribution in [0.5, 0.6) is 0 Å². The highest BCUT2D eigenvalue weighted by Gasteiger charge is 2.40. The zero-order valence-corrected chi connectivity index (χ0v) is 36.1. The number of rotatable bonds is 20. The summed E-state index contributed by atoms with van der Waals surface area (Å²) in [6, 6.07) is 8.11. The van der Waals surface area contributed by atoms with E-state index in [1.54, 1.807) is 53.9 Å². The molecule has 1 aliphatic rings. The fraction of sp³-hybridized carbons (Fsp3) is 0.718. The molecular formula is C39H67IN6O7. The minimum Gasteiger partial charge on any atom is -0.379 e. The van der Waals surface area contributed by atoms with Crippen LogP contribution in [-0.2, 0) is 39.9 Å². The molecule has 0 aromatic heterocycles. The maximum atomic E-state index is 13.8. The molecule has 14 heteroatoms. The molecule has 1 saturated heterocycles. The summed E-state index contributed by atoms with van der Waals surface area (Å²) >= 11 is 1.78. The molecule has 1 fully saturated rings. The number of primary amides is 1. The van der Waals surface area contributed by atoms with Crippen molar-refractivity contribution in [3.63, 3.8) is 0 Å². The first-order valence-electron chi connectivity index (χ1n) is 18.7. The van der Waals surface area contributed by atoms with Crippen LogP contribution in [0.25, 0.3) is 0 Å². The first kappa shape index (κ1) is 48.2. The van der Waals surface area contributed by atoms with Gasteiger partial charge in [0, 0.05) is 40.7 Å². The first-order chi connectivity index (χ1) is 24.9. The second kappa shape index (κ2) is 24.6. The summed E-state index contributed by atoms with van der Waals surface area (Å²) in [4.78, 5) is 68.6. The number of amides is 5. The van der Waals surface area contributed by atoms with Gasteiger partial charge in [0.15, 0.2) is 0 Å². The number of nitrogens with one attached hydrogen (secondary N) is 2. The monoisotopic (exact) mass is 858 g/mol. The average Bonchev–Trinajstić information content (AvgIpc) is 3.59. The van der Waals surface area contributed by atoms with Crippen LogP contribution in [0.2, 0.25) is 0 Å². The highest BCUT2D eigenvalue weighted by Crippen LogP contribution is 2.28. The van der Waals surface area contributed by atoms with E-state index in [1.807, 2.05) is 77.0 Å². The Balaban J connectivity index is 0.00000122. The number of hydrogen-bond donors (Lipinski definition) is 3. The molecule has 0 saturated carbocycles. The molecule has 7 unspecified atom stereocenters. The Labute approximate surface area is 332 Å². The van der Waals surface area contributed by atoms with Gasteiger partial charge in [-0.3, -0.25) is 32.4 Å². The van der Waals surface area contributed by atoms with E-state index in [2.05, 4.69) is 22.7 Å². The normalized spacial score (nSPS) is 17.6. The molecule has 2 rings (SSSR count). The Morgan fingerprint density at radius 2 is 1.58 bits per heavy atom. The van der Waals surface area contributed by atoms with E-state index < -0.39 is 18.2 Å². The van der Waals surface area contributed by atoms with Gasteiger partial charge in [0.1, 0.15) is 6.04 Å². The third kappa shape index (κ3) is 15.8. The molecule has 0 bridgehead atoms. The van der Waals surface area contributed by atoms with Crippen molar-refractivity contribution in [2.24, 2.45) is 23.5 Å². The quantitative estimate of drug-likeness (QED) is 0.131. The number of methoxy groups -OCH3 is 2. The van der Waals surface area contributed by atoms with Gasteiger partial charge in [-0.2, -0.15) is 0 Å². The van der Waals surface area contributed by atoms with Crippen molar-refractivity contribution in [1.29, 1.82) is 0 Å². The van der Waals surface area contributed by atoms with Crippen molar-refractivity contribution in [1.82, 2.24) is 23.5 Å². The number of likely N-dealkylation sites (N-methyl/N-ethyl adjacent to an activating group) is 2. The zero-order valence-electron chi connectivity index (χ0n) is 33.9. The number of nitrogens with zero attached hydrogens (tertiary/aromatic N) is 3. The Morgan fingerprint density at radius 3 is 2.04 bits per heavy atom. The minimum atomic E-state index is -0.735. The van der Waals surface area contributed by atoms with Crippen molar-refractivity contribution in [3.05, 3.63) is 35.9 Å². The highest BCUT2D eigenvalue weighted by atomic mass is 127. The van der Waals surface area contributed by atoms with E-state index >= 15 is 0 Å².